The van der Waals surface area contributed by atoms with Crippen molar-refractivity contribution in [2.45, 2.75) is 6.54 Å². The Balaban J connectivity index is 1.99. The zero-order valence-corrected chi connectivity index (χ0v) is 8.93. The van der Waals surface area contributed by atoms with Crippen molar-refractivity contribution in [3.63, 3.8) is 0 Å². The third kappa shape index (κ3) is 3.07. The van der Waals surface area contributed by atoms with Gasteiger partial charge in [-0.1, -0.05) is 0 Å². The zero-order chi connectivity index (χ0) is 12.1. The Morgan fingerprint density at radius 3 is 2.82 bits per heavy atom. The van der Waals surface area contributed by atoms with E-state index in [1.54, 1.807) is 18.3 Å². The average molecular weight is 231 g/mol. The highest BCUT2D eigenvalue weighted by molar-refractivity contribution is 5.74. The number of carbonyl (C=O) groups excluding carboxylic acids is 1. The van der Waals surface area contributed by atoms with Gasteiger partial charge >= 0.3 is 0 Å². The van der Waals surface area contributed by atoms with Crippen LogP contribution in [0.1, 0.15) is 15.9 Å². The molecular formula is C12H10FN3O. The number of aldehydes is 1. The highest BCUT2D eigenvalue weighted by atomic mass is 19.1. The summed E-state index contributed by atoms with van der Waals surface area (Å²) in [4.78, 5) is 18.2. The maximum atomic E-state index is 12.8. The van der Waals surface area contributed by atoms with E-state index in [9.17, 15) is 9.18 Å². The lowest BCUT2D eigenvalue weighted by Crippen LogP contribution is -2.02. The summed E-state index contributed by atoms with van der Waals surface area (Å²) in [5.41, 5.74) is 1.24. The van der Waals surface area contributed by atoms with Crippen LogP contribution in [0.15, 0.2) is 36.8 Å². The maximum Gasteiger partial charge on any atom is 0.151 e. The van der Waals surface area contributed by atoms with Crippen LogP contribution >= 0.6 is 0 Å². The predicted molar refractivity (Wildman–Crippen MR) is 61.1 cm³/mol. The van der Waals surface area contributed by atoms with E-state index >= 15 is 0 Å². The number of pyridine rings is 2. The third-order valence-electron chi connectivity index (χ3n) is 2.16. The first-order valence-corrected chi connectivity index (χ1v) is 5.02. The zero-order valence-electron chi connectivity index (χ0n) is 8.93. The summed E-state index contributed by atoms with van der Waals surface area (Å²) in [6, 6.07) is 4.75. The van der Waals surface area contributed by atoms with Gasteiger partial charge in [0.2, 0.25) is 0 Å². The summed E-state index contributed by atoms with van der Waals surface area (Å²) in [5, 5.41) is 3.01. The van der Waals surface area contributed by atoms with Gasteiger partial charge in [0.05, 0.1) is 6.20 Å². The van der Waals surface area contributed by atoms with Crippen LogP contribution in [0.25, 0.3) is 0 Å². The Hall–Kier alpha value is -2.30. The molecule has 0 aliphatic heterocycles. The first-order chi connectivity index (χ1) is 8.28. The second-order valence-corrected chi connectivity index (χ2v) is 3.46. The molecule has 5 heteroatoms. The van der Waals surface area contributed by atoms with Crippen molar-refractivity contribution >= 4 is 12.1 Å². The number of halogens is 1. The molecule has 0 aliphatic carbocycles. The molecule has 4 nitrogen and oxygen atoms in total. The van der Waals surface area contributed by atoms with Crippen molar-refractivity contribution < 1.29 is 9.18 Å². The summed E-state index contributed by atoms with van der Waals surface area (Å²) < 4.78 is 12.8. The Kier molecular flexibility index (Phi) is 3.40. The minimum absolute atomic E-state index is 0.367. The highest BCUT2D eigenvalue weighted by Gasteiger charge is 1.98. The van der Waals surface area contributed by atoms with Gasteiger partial charge in [-0.05, 0) is 23.8 Å². The molecule has 0 atom stereocenters. The van der Waals surface area contributed by atoms with Crippen molar-refractivity contribution in [3.05, 3.63) is 53.7 Å². The third-order valence-corrected chi connectivity index (χ3v) is 2.16. The molecular weight excluding hydrogens is 221 g/mol. The molecule has 0 unspecified atom stereocenters. The quantitative estimate of drug-likeness (QED) is 0.818. The number of carbonyl (C=O) groups is 1. The molecule has 0 saturated heterocycles. The van der Waals surface area contributed by atoms with Gasteiger partial charge in [-0.2, -0.15) is 0 Å². The molecule has 0 aromatic carbocycles. The summed E-state index contributed by atoms with van der Waals surface area (Å²) in [6.07, 6.45) is 4.93. The normalized spacial score (nSPS) is 9.94. The monoisotopic (exact) mass is 231 g/mol. The van der Waals surface area contributed by atoms with Crippen molar-refractivity contribution in [1.82, 2.24) is 9.97 Å². The minimum atomic E-state index is -0.367. The molecule has 2 rings (SSSR count). The van der Waals surface area contributed by atoms with E-state index in [1.807, 2.05) is 0 Å². The van der Waals surface area contributed by atoms with E-state index in [-0.39, 0.29) is 5.82 Å². The van der Waals surface area contributed by atoms with Crippen molar-refractivity contribution in [1.29, 1.82) is 0 Å². The molecule has 2 aromatic heterocycles. The van der Waals surface area contributed by atoms with Crippen LogP contribution in [0.3, 0.4) is 0 Å². The van der Waals surface area contributed by atoms with Crippen LogP contribution < -0.4 is 5.32 Å². The Morgan fingerprint density at radius 1 is 1.29 bits per heavy atom. The second-order valence-electron chi connectivity index (χ2n) is 3.46. The van der Waals surface area contributed by atoms with Gasteiger partial charge in [-0.15, -0.1) is 0 Å². The molecule has 17 heavy (non-hydrogen) atoms. The number of hydrogen-bond donors (Lipinski definition) is 1. The molecule has 0 bridgehead atoms. The van der Waals surface area contributed by atoms with Gasteiger partial charge in [0.1, 0.15) is 11.6 Å². The van der Waals surface area contributed by atoms with Crippen molar-refractivity contribution in [2.24, 2.45) is 0 Å². The van der Waals surface area contributed by atoms with Gasteiger partial charge in [-0.25, -0.2) is 9.37 Å². The second kappa shape index (κ2) is 5.16. The van der Waals surface area contributed by atoms with Gasteiger partial charge in [0.25, 0.3) is 0 Å². The maximum absolute atomic E-state index is 12.8. The SMILES string of the molecule is O=Cc1ccc(NCc2cncc(F)c2)nc1. The topological polar surface area (TPSA) is 54.9 Å². The summed E-state index contributed by atoms with van der Waals surface area (Å²) >= 11 is 0. The lowest BCUT2D eigenvalue weighted by Gasteiger charge is -2.05. The van der Waals surface area contributed by atoms with Gasteiger partial charge < -0.3 is 5.32 Å². The van der Waals surface area contributed by atoms with E-state index < -0.39 is 0 Å². The largest absolute Gasteiger partial charge is 0.366 e. The Morgan fingerprint density at radius 2 is 2.18 bits per heavy atom. The number of aromatic nitrogens is 2. The molecule has 0 spiro atoms. The van der Waals surface area contributed by atoms with Crippen LogP contribution in [0, 0.1) is 5.82 Å². The fraction of sp³-hybridized carbons (Fsp3) is 0.0833. The van der Waals surface area contributed by atoms with Gasteiger partial charge in [0, 0.05) is 24.5 Å². The van der Waals surface area contributed by atoms with E-state index in [0.717, 1.165) is 18.0 Å². The lowest BCUT2D eigenvalue weighted by atomic mass is 10.2. The van der Waals surface area contributed by atoms with Crippen LogP contribution in [0.2, 0.25) is 0 Å². The summed E-state index contributed by atoms with van der Waals surface area (Å²) in [5.74, 6) is 0.258. The number of hydrogen-bond acceptors (Lipinski definition) is 4. The van der Waals surface area contributed by atoms with Crippen molar-refractivity contribution in [3.8, 4) is 0 Å². The van der Waals surface area contributed by atoms with Crippen LogP contribution in [0.5, 0.6) is 0 Å². The molecule has 0 radical (unpaired) electrons. The van der Waals surface area contributed by atoms with E-state index in [1.165, 1.54) is 12.3 Å². The molecule has 0 saturated carbocycles. The summed E-state index contributed by atoms with van der Waals surface area (Å²) in [6.45, 7) is 0.429. The first kappa shape index (κ1) is 11.2. The number of nitrogens with zero attached hydrogens (tertiary/aromatic N) is 2. The molecule has 2 heterocycles. The van der Waals surface area contributed by atoms with Crippen molar-refractivity contribution in [2.75, 3.05) is 5.32 Å². The molecule has 2 aromatic rings. The van der Waals surface area contributed by atoms with Gasteiger partial charge in [-0.3, -0.25) is 9.78 Å². The molecule has 0 aliphatic rings. The Bertz CT molecular complexity index is 513. The van der Waals surface area contributed by atoms with E-state index in [4.69, 9.17) is 0 Å². The van der Waals surface area contributed by atoms with Crippen LogP contribution in [-0.4, -0.2) is 16.3 Å². The van der Waals surface area contributed by atoms with Crippen LogP contribution in [0.4, 0.5) is 10.2 Å². The molecule has 1 N–H and O–H groups in total. The molecule has 86 valence electrons. The minimum Gasteiger partial charge on any atom is -0.366 e. The molecule has 0 amide bonds. The molecule has 0 fully saturated rings. The summed E-state index contributed by atoms with van der Waals surface area (Å²) in [7, 11) is 0. The predicted octanol–water partition coefficient (Wildman–Crippen LogP) is 2.04. The van der Waals surface area contributed by atoms with E-state index in [0.29, 0.717) is 17.9 Å². The highest BCUT2D eigenvalue weighted by Crippen LogP contribution is 2.07. The number of rotatable bonds is 4. The first-order valence-electron chi connectivity index (χ1n) is 5.02. The smallest absolute Gasteiger partial charge is 0.151 e. The number of anilines is 1. The number of nitrogens with one attached hydrogen (secondary N) is 1. The van der Waals surface area contributed by atoms with Gasteiger partial charge in [0.15, 0.2) is 6.29 Å². The average Bonchev–Trinajstić information content (AvgIpc) is 2.37. The van der Waals surface area contributed by atoms with Crippen LogP contribution in [-0.2, 0) is 6.54 Å². The lowest BCUT2D eigenvalue weighted by molar-refractivity contribution is 0.112. The fourth-order valence-electron chi connectivity index (χ4n) is 1.32. The fourth-order valence-corrected chi connectivity index (χ4v) is 1.32. The standard InChI is InChI=1S/C12H10FN3O/c13-11-3-10(4-14-7-11)6-16-12-2-1-9(8-17)5-15-12/h1-5,7-8H,6H2,(H,15,16). The Labute approximate surface area is 97.5 Å². The van der Waals surface area contributed by atoms with E-state index in [2.05, 4.69) is 15.3 Å².